The van der Waals surface area contributed by atoms with Gasteiger partial charge >= 0.3 is 0 Å². The van der Waals surface area contributed by atoms with Gasteiger partial charge in [-0.1, -0.05) is 0 Å². The van der Waals surface area contributed by atoms with E-state index in [1.807, 2.05) is 52.7 Å². The highest BCUT2D eigenvalue weighted by Gasteiger charge is 2.22. The van der Waals surface area contributed by atoms with Crippen LogP contribution in [0.1, 0.15) is 30.7 Å². The van der Waals surface area contributed by atoms with Crippen molar-refractivity contribution in [1.29, 1.82) is 0 Å². The zero-order valence-corrected chi connectivity index (χ0v) is 15.8. The fourth-order valence-electron chi connectivity index (χ4n) is 3.61. The largest absolute Gasteiger partial charge is 0.497 e. The first-order chi connectivity index (χ1) is 13.2. The van der Waals surface area contributed by atoms with E-state index in [9.17, 15) is 4.79 Å². The van der Waals surface area contributed by atoms with Crippen molar-refractivity contribution in [2.24, 2.45) is 0 Å². The lowest BCUT2D eigenvalue weighted by Gasteiger charge is -2.26. The number of methoxy groups -OCH3 is 1. The number of fused-ring (bicyclic) bond motifs is 1. The van der Waals surface area contributed by atoms with Gasteiger partial charge in [0.15, 0.2) is 5.65 Å². The minimum Gasteiger partial charge on any atom is -0.497 e. The Morgan fingerprint density at radius 1 is 1.07 bits per heavy atom. The van der Waals surface area contributed by atoms with Crippen molar-refractivity contribution in [3.8, 4) is 17.0 Å². The Morgan fingerprint density at radius 2 is 1.81 bits per heavy atom. The molecule has 27 heavy (non-hydrogen) atoms. The number of amides is 1. The maximum atomic E-state index is 12.9. The summed E-state index contributed by atoms with van der Waals surface area (Å²) in [7, 11) is 1.65. The van der Waals surface area contributed by atoms with Crippen molar-refractivity contribution < 1.29 is 9.53 Å². The number of ether oxygens (including phenoxy) is 1. The van der Waals surface area contributed by atoms with E-state index in [1.54, 1.807) is 7.11 Å². The molecular formula is C21H24N4O2. The van der Waals surface area contributed by atoms with Crippen LogP contribution < -0.4 is 4.74 Å². The van der Waals surface area contributed by atoms with Gasteiger partial charge in [-0.25, -0.2) is 9.50 Å². The van der Waals surface area contributed by atoms with Crippen molar-refractivity contribution in [1.82, 2.24) is 19.5 Å². The van der Waals surface area contributed by atoms with Crippen LogP contribution in [0.4, 0.5) is 0 Å². The number of hydrogen-bond acceptors (Lipinski definition) is 4. The Labute approximate surface area is 158 Å². The number of likely N-dealkylation sites (tertiary alicyclic amines) is 1. The molecule has 3 heterocycles. The number of aryl methyl sites for hydroxylation is 1. The van der Waals surface area contributed by atoms with Gasteiger partial charge in [0.05, 0.1) is 30.6 Å². The molecule has 6 heteroatoms. The van der Waals surface area contributed by atoms with E-state index in [-0.39, 0.29) is 5.91 Å². The van der Waals surface area contributed by atoms with Crippen LogP contribution in [0.3, 0.4) is 0 Å². The minimum atomic E-state index is 0.148. The van der Waals surface area contributed by atoms with Crippen LogP contribution in [-0.2, 0) is 11.2 Å². The zero-order chi connectivity index (χ0) is 18.8. The van der Waals surface area contributed by atoms with E-state index < -0.39 is 0 Å². The number of aromatic nitrogens is 3. The van der Waals surface area contributed by atoms with Crippen molar-refractivity contribution in [2.75, 3.05) is 20.2 Å². The van der Waals surface area contributed by atoms with Gasteiger partial charge in [0, 0.05) is 18.7 Å². The predicted octanol–water partition coefficient (Wildman–Crippen LogP) is 3.27. The monoisotopic (exact) mass is 364 g/mol. The summed E-state index contributed by atoms with van der Waals surface area (Å²) in [5.41, 5.74) is 4.26. The fourth-order valence-corrected chi connectivity index (χ4v) is 3.61. The molecule has 0 unspecified atom stereocenters. The summed E-state index contributed by atoms with van der Waals surface area (Å²) in [6, 6.07) is 11.7. The molecule has 1 aromatic carbocycles. The molecule has 1 amide bonds. The number of carbonyl (C=O) groups excluding carboxylic acids is 1. The maximum Gasteiger partial charge on any atom is 0.228 e. The van der Waals surface area contributed by atoms with Gasteiger partial charge in [-0.3, -0.25) is 4.79 Å². The number of piperidine rings is 1. The molecule has 3 aromatic rings. The Bertz CT molecular complexity index is 956. The lowest BCUT2D eigenvalue weighted by molar-refractivity contribution is -0.131. The molecule has 2 aromatic heterocycles. The normalized spacial score (nSPS) is 14.5. The lowest BCUT2D eigenvalue weighted by Crippen LogP contribution is -2.36. The van der Waals surface area contributed by atoms with Gasteiger partial charge < -0.3 is 9.64 Å². The van der Waals surface area contributed by atoms with Crippen molar-refractivity contribution in [3.05, 3.63) is 47.8 Å². The highest BCUT2D eigenvalue weighted by Crippen LogP contribution is 2.27. The van der Waals surface area contributed by atoms with Crippen LogP contribution >= 0.6 is 0 Å². The molecule has 0 radical (unpaired) electrons. The summed E-state index contributed by atoms with van der Waals surface area (Å²) in [6.07, 6.45) is 3.68. The molecule has 0 bridgehead atoms. The summed E-state index contributed by atoms with van der Waals surface area (Å²) in [5, 5.41) is 4.61. The van der Waals surface area contributed by atoms with Gasteiger partial charge in [-0.15, -0.1) is 0 Å². The molecule has 0 saturated carbocycles. The number of benzene rings is 1. The van der Waals surface area contributed by atoms with Gasteiger partial charge in [-0.2, -0.15) is 5.10 Å². The van der Waals surface area contributed by atoms with E-state index in [0.29, 0.717) is 6.42 Å². The third-order valence-corrected chi connectivity index (χ3v) is 5.09. The topological polar surface area (TPSA) is 59.7 Å². The van der Waals surface area contributed by atoms with Gasteiger partial charge in [-0.05, 0) is 62.6 Å². The second kappa shape index (κ2) is 7.39. The van der Waals surface area contributed by atoms with Crippen molar-refractivity contribution >= 4 is 11.6 Å². The SMILES string of the molecule is COc1ccc(-c2nc3ccc(C)nn3c2CC(=O)N2CCCCC2)cc1. The van der Waals surface area contributed by atoms with Crippen LogP contribution in [0.25, 0.3) is 16.9 Å². The number of hydrogen-bond donors (Lipinski definition) is 0. The average molecular weight is 364 g/mol. The van der Waals surface area contributed by atoms with E-state index in [4.69, 9.17) is 9.72 Å². The van der Waals surface area contributed by atoms with E-state index in [1.165, 1.54) is 6.42 Å². The first-order valence-electron chi connectivity index (χ1n) is 9.43. The molecule has 0 N–H and O–H groups in total. The van der Waals surface area contributed by atoms with Crippen molar-refractivity contribution in [2.45, 2.75) is 32.6 Å². The molecule has 1 aliphatic heterocycles. The molecule has 0 spiro atoms. The first kappa shape index (κ1) is 17.5. The van der Waals surface area contributed by atoms with Crippen LogP contribution in [0.5, 0.6) is 5.75 Å². The lowest BCUT2D eigenvalue weighted by atomic mass is 10.1. The molecule has 1 aliphatic rings. The molecule has 4 rings (SSSR count). The molecule has 0 atom stereocenters. The highest BCUT2D eigenvalue weighted by molar-refractivity contribution is 5.81. The Balaban J connectivity index is 1.75. The Morgan fingerprint density at radius 3 is 2.52 bits per heavy atom. The zero-order valence-electron chi connectivity index (χ0n) is 15.8. The molecule has 140 valence electrons. The van der Waals surface area contributed by atoms with Crippen LogP contribution in [0.15, 0.2) is 36.4 Å². The summed E-state index contributed by atoms with van der Waals surface area (Å²) in [4.78, 5) is 19.7. The smallest absolute Gasteiger partial charge is 0.228 e. The van der Waals surface area contributed by atoms with Gasteiger partial charge in [0.25, 0.3) is 0 Å². The number of rotatable bonds is 4. The quantitative estimate of drug-likeness (QED) is 0.713. The van der Waals surface area contributed by atoms with Crippen LogP contribution in [0.2, 0.25) is 0 Å². The third kappa shape index (κ3) is 3.52. The summed E-state index contributed by atoms with van der Waals surface area (Å²) in [5.74, 6) is 0.942. The molecule has 1 saturated heterocycles. The standard InChI is InChI=1S/C21H24N4O2/c1-15-6-11-19-22-21(16-7-9-17(27-2)10-8-16)18(25(19)23-15)14-20(26)24-12-4-3-5-13-24/h6-11H,3-5,12-14H2,1-2H3. The van der Waals surface area contributed by atoms with Crippen LogP contribution in [0, 0.1) is 6.92 Å². The number of nitrogens with zero attached hydrogens (tertiary/aromatic N) is 4. The molecule has 1 fully saturated rings. The van der Waals surface area contributed by atoms with E-state index in [2.05, 4.69) is 5.10 Å². The first-order valence-corrected chi connectivity index (χ1v) is 9.43. The third-order valence-electron chi connectivity index (χ3n) is 5.09. The minimum absolute atomic E-state index is 0.148. The molecule has 0 aliphatic carbocycles. The highest BCUT2D eigenvalue weighted by atomic mass is 16.5. The second-order valence-electron chi connectivity index (χ2n) is 7.00. The average Bonchev–Trinajstić information content (AvgIpc) is 3.06. The molecule has 6 nitrogen and oxygen atoms in total. The van der Waals surface area contributed by atoms with E-state index >= 15 is 0 Å². The van der Waals surface area contributed by atoms with Gasteiger partial charge in [0.1, 0.15) is 5.75 Å². The number of imidazole rings is 1. The molecular weight excluding hydrogens is 340 g/mol. The Kier molecular flexibility index (Phi) is 4.79. The predicted molar refractivity (Wildman–Crippen MR) is 104 cm³/mol. The Hall–Kier alpha value is -2.89. The van der Waals surface area contributed by atoms with E-state index in [0.717, 1.165) is 60.0 Å². The summed E-state index contributed by atoms with van der Waals surface area (Å²) in [6.45, 7) is 3.64. The second-order valence-corrected chi connectivity index (χ2v) is 7.00. The van der Waals surface area contributed by atoms with Gasteiger partial charge in [0.2, 0.25) is 5.91 Å². The number of carbonyl (C=O) groups is 1. The fraction of sp³-hybridized carbons (Fsp3) is 0.381. The van der Waals surface area contributed by atoms with Crippen molar-refractivity contribution in [3.63, 3.8) is 0 Å². The maximum absolute atomic E-state index is 12.9. The summed E-state index contributed by atoms with van der Waals surface area (Å²) >= 11 is 0. The van der Waals surface area contributed by atoms with Crippen LogP contribution in [-0.4, -0.2) is 45.6 Å². The summed E-state index contributed by atoms with van der Waals surface area (Å²) < 4.78 is 7.07.